The normalized spacial score (nSPS) is 19.5. The van der Waals surface area contributed by atoms with Crippen LogP contribution in [-0.4, -0.2) is 33.6 Å². The third kappa shape index (κ3) is 8.19. The predicted octanol–water partition coefficient (Wildman–Crippen LogP) is 9.48. The van der Waals surface area contributed by atoms with Gasteiger partial charge in [-0.15, -0.1) is 0 Å². The van der Waals surface area contributed by atoms with Gasteiger partial charge in [0.2, 0.25) is 0 Å². The second-order valence-electron chi connectivity index (χ2n) is 14.6. The number of thiocarbonyl (C=S) groups is 1. The van der Waals surface area contributed by atoms with Crippen LogP contribution in [0.1, 0.15) is 108 Å². The quantitative estimate of drug-likeness (QED) is 0.0869. The van der Waals surface area contributed by atoms with Gasteiger partial charge in [-0.3, -0.25) is 0 Å². The fraction of sp³-hybridized carbons (Fsp3) is 0.462. The van der Waals surface area contributed by atoms with Gasteiger partial charge in [0, 0.05) is 33.8 Å². The molecule has 3 atom stereocenters. The van der Waals surface area contributed by atoms with E-state index in [2.05, 4.69) is 31.2 Å². The highest BCUT2D eigenvalue weighted by Gasteiger charge is 2.41. The molecule has 2 N–H and O–H groups in total. The zero-order valence-corrected chi connectivity index (χ0v) is 31.8. The largest absolute Gasteiger partial charge is 0.489 e. The summed E-state index contributed by atoms with van der Waals surface area (Å²) >= 11 is 11.6. The van der Waals surface area contributed by atoms with Gasteiger partial charge < -0.3 is 33.6 Å². The van der Waals surface area contributed by atoms with Crippen LogP contribution in [0.2, 0.25) is 5.02 Å². The minimum absolute atomic E-state index is 0.0974. The van der Waals surface area contributed by atoms with Crippen LogP contribution < -0.4 is 20.4 Å². The Morgan fingerprint density at radius 3 is 2.60 bits per heavy atom. The molecule has 0 saturated heterocycles. The molecule has 50 heavy (non-hydrogen) atoms. The molecular formula is C39H47ClN2O7S. The van der Waals surface area contributed by atoms with Crippen LogP contribution in [0.15, 0.2) is 55.4 Å². The van der Waals surface area contributed by atoms with Crippen LogP contribution in [0.25, 0.3) is 11.0 Å². The molecule has 6 rings (SSSR count). The fourth-order valence-corrected chi connectivity index (χ4v) is 6.55. The Bertz CT molecular complexity index is 1970. The van der Waals surface area contributed by atoms with Crippen LogP contribution in [0.5, 0.6) is 11.5 Å². The molecule has 0 fully saturated rings. The minimum Gasteiger partial charge on any atom is -0.489 e. The average molecular weight is 723 g/mol. The Labute approximate surface area is 303 Å². The first kappa shape index (κ1) is 37.4. The van der Waals surface area contributed by atoms with Crippen LogP contribution in [0.4, 0.5) is 5.69 Å². The lowest BCUT2D eigenvalue weighted by molar-refractivity contribution is 0.00198. The maximum absolute atomic E-state index is 12.3. The zero-order valence-electron chi connectivity index (χ0n) is 30.2. The van der Waals surface area contributed by atoms with Crippen molar-refractivity contribution in [1.29, 1.82) is 0 Å². The first-order valence-electron chi connectivity index (χ1n) is 17.1. The Balaban J connectivity index is 0.000000197. The van der Waals surface area contributed by atoms with E-state index < -0.39 is 11.7 Å². The second-order valence-corrected chi connectivity index (χ2v) is 15.4. The highest BCUT2D eigenvalue weighted by atomic mass is 35.5. The van der Waals surface area contributed by atoms with Gasteiger partial charge >= 0.3 is 5.63 Å². The number of aliphatic hydroxyl groups is 1. The highest BCUT2D eigenvalue weighted by Crippen LogP contribution is 2.52. The summed E-state index contributed by atoms with van der Waals surface area (Å²) in [6.45, 7) is 17.8. The van der Waals surface area contributed by atoms with Crippen LogP contribution in [0, 0.1) is 12.8 Å². The second kappa shape index (κ2) is 14.8. The van der Waals surface area contributed by atoms with Gasteiger partial charge in [0.05, 0.1) is 35.1 Å². The molecule has 11 heteroatoms. The highest BCUT2D eigenvalue weighted by molar-refractivity contribution is 7.81. The summed E-state index contributed by atoms with van der Waals surface area (Å²) in [4.78, 5) is 18.2. The third-order valence-electron chi connectivity index (χ3n) is 8.90. The molecule has 2 aromatic heterocycles. The van der Waals surface area contributed by atoms with Crippen molar-refractivity contribution in [2.45, 2.75) is 111 Å². The summed E-state index contributed by atoms with van der Waals surface area (Å²) in [5.41, 5.74) is 4.29. The molecule has 2 aromatic carbocycles. The van der Waals surface area contributed by atoms with Crippen molar-refractivity contribution in [3.8, 4) is 11.5 Å². The predicted molar refractivity (Wildman–Crippen MR) is 202 cm³/mol. The average Bonchev–Trinajstić information content (AvgIpc) is 3.46. The number of fused-ring (bicyclic) bond motifs is 6. The number of hydrogen-bond acceptors (Lipinski definition) is 9. The van der Waals surface area contributed by atoms with Crippen LogP contribution in [-0.2, 0) is 17.7 Å². The number of aryl methyl sites for hydroxylation is 2. The fourth-order valence-electron chi connectivity index (χ4n) is 6.06. The molecule has 0 radical (unpaired) electrons. The van der Waals surface area contributed by atoms with Gasteiger partial charge in [-0.2, -0.15) is 0 Å². The molecule has 4 heterocycles. The molecule has 0 amide bonds. The number of halogens is 1. The number of nitrogens with zero attached hydrogens (tertiary/aromatic N) is 1. The molecule has 0 spiro atoms. The summed E-state index contributed by atoms with van der Waals surface area (Å²) in [5.74, 6) is 2.07. The van der Waals surface area contributed by atoms with Crippen molar-refractivity contribution in [3.05, 3.63) is 85.6 Å². The van der Waals surface area contributed by atoms with E-state index in [1.807, 2.05) is 59.7 Å². The van der Waals surface area contributed by atoms with E-state index in [-0.39, 0.29) is 23.2 Å². The van der Waals surface area contributed by atoms with E-state index in [9.17, 15) is 9.90 Å². The Morgan fingerprint density at radius 1 is 1.20 bits per heavy atom. The van der Waals surface area contributed by atoms with Crippen molar-refractivity contribution in [3.63, 3.8) is 0 Å². The van der Waals surface area contributed by atoms with Gasteiger partial charge in [-0.05, 0) is 97.6 Å². The lowest BCUT2D eigenvalue weighted by Gasteiger charge is -2.39. The number of oxime groups is 1. The van der Waals surface area contributed by atoms with Gasteiger partial charge in [0.25, 0.3) is 0 Å². The van der Waals surface area contributed by atoms with Gasteiger partial charge in [0.1, 0.15) is 39.6 Å². The first-order chi connectivity index (χ1) is 23.5. The molecule has 4 aromatic rings. The summed E-state index contributed by atoms with van der Waals surface area (Å²) in [5, 5.41) is 19.6. The topological polar surface area (TPSA) is 116 Å². The summed E-state index contributed by atoms with van der Waals surface area (Å²) in [6.07, 6.45) is 5.65. The maximum atomic E-state index is 12.3. The smallest absolute Gasteiger partial charge is 0.336 e. The van der Waals surface area contributed by atoms with Crippen molar-refractivity contribution in [2.75, 3.05) is 5.32 Å². The number of benzene rings is 2. The zero-order chi connectivity index (χ0) is 36.5. The molecule has 0 saturated carbocycles. The third-order valence-corrected chi connectivity index (χ3v) is 9.56. The molecule has 0 unspecified atom stereocenters. The van der Waals surface area contributed by atoms with E-state index in [1.165, 1.54) is 0 Å². The van der Waals surface area contributed by atoms with Crippen molar-refractivity contribution >= 4 is 51.7 Å². The SMILES string of the molecule is CCCc1cc(=O)oc2c3c(c4c(c12)OC(C)(C)CC4)O[C@@H](C)[C@H](C)[C@@H]3O.Cc1occc1C(=S)Nc1ccc(Cl)c(/C=N/OC(C)(C)C)c1. The van der Waals surface area contributed by atoms with Crippen molar-refractivity contribution in [2.24, 2.45) is 11.1 Å². The molecular weight excluding hydrogens is 676 g/mol. The lowest BCUT2D eigenvalue weighted by atomic mass is 9.83. The van der Waals surface area contributed by atoms with Gasteiger partial charge in [0.15, 0.2) is 5.58 Å². The maximum Gasteiger partial charge on any atom is 0.336 e. The summed E-state index contributed by atoms with van der Waals surface area (Å²) < 4.78 is 23.6. The number of furan rings is 1. The van der Waals surface area contributed by atoms with E-state index in [0.717, 1.165) is 70.5 Å². The molecule has 0 bridgehead atoms. The number of rotatable bonds is 6. The molecule has 2 aliphatic heterocycles. The van der Waals surface area contributed by atoms with E-state index >= 15 is 0 Å². The van der Waals surface area contributed by atoms with Crippen LogP contribution in [0.3, 0.4) is 0 Å². The lowest BCUT2D eigenvalue weighted by Crippen LogP contribution is -2.36. The summed E-state index contributed by atoms with van der Waals surface area (Å²) in [6, 6.07) is 8.89. The van der Waals surface area contributed by atoms with E-state index in [4.69, 9.17) is 47.0 Å². The summed E-state index contributed by atoms with van der Waals surface area (Å²) in [7, 11) is 0. The standard InChI is InChI=1S/C22H28O5.C17H19ClN2O2S/c1-6-7-13-10-15(23)26-21-16(13)20-14(8-9-22(4,5)27-20)19-17(21)18(24)11(2)12(3)25-19;1-11-14(7-8-21-11)16(23)20-13-5-6-15(18)12(9-13)10-19-22-17(2,3)4/h10-12,18,24H,6-9H2,1-5H3;5-10H,1-4H3,(H,20,23)/b;19-10+/t11-,12-,18-;/m0./s1. The Morgan fingerprint density at radius 2 is 1.94 bits per heavy atom. The number of anilines is 1. The van der Waals surface area contributed by atoms with E-state index in [0.29, 0.717) is 26.9 Å². The number of nitrogens with one attached hydrogen (secondary N) is 1. The monoisotopic (exact) mass is 722 g/mol. The Hall–Kier alpha value is -3.86. The van der Waals surface area contributed by atoms with Gasteiger partial charge in [-0.25, -0.2) is 4.79 Å². The molecule has 268 valence electrons. The van der Waals surface area contributed by atoms with Crippen molar-refractivity contribution in [1.82, 2.24) is 0 Å². The van der Waals surface area contributed by atoms with E-state index in [1.54, 1.807) is 24.6 Å². The van der Waals surface area contributed by atoms with Gasteiger partial charge in [-0.1, -0.05) is 49.2 Å². The number of hydrogen-bond donors (Lipinski definition) is 2. The van der Waals surface area contributed by atoms with Crippen molar-refractivity contribution < 1.29 is 28.3 Å². The molecule has 9 nitrogen and oxygen atoms in total. The molecule has 0 aliphatic carbocycles. The number of aliphatic hydroxyl groups excluding tert-OH is 1. The Kier molecular flexibility index (Phi) is 11.1. The number of ether oxygens (including phenoxy) is 2. The molecule has 2 aliphatic rings. The van der Waals surface area contributed by atoms with Crippen LogP contribution >= 0.6 is 23.8 Å². The minimum atomic E-state index is -0.744. The first-order valence-corrected chi connectivity index (χ1v) is 17.8.